The van der Waals surface area contributed by atoms with Gasteiger partial charge in [-0.15, -0.1) is 0 Å². The van der Waals surface area contributed by atoms with Gasteiger partial charge in [-0.05, 0) is 31.7 Å². The van der Waals surface area contributed by atoms with Gasteiger partial charge in [0.1, 0.15) is 17.2 Å². The highest BCUT2D eigenvalue weighted by Gasteiger charge is 2.30. The number of nitrogens with zero attached hydrogens (tertiary/aromatic N) is 2. The molecule has 7 heteroatoms. The number of aromatic amines is 1. The highest BCUT2D eigenvalue weighted by atomic mass is 35.5. The number of aliphatic hydroxyl groups excluding tert-OH is 1. The molecule has 2 aromatic rings. The zero-order chi connectivity index (χ0) is 17.6. The van der Waals surface area contributed by atoms with Gasteiger partial charge in [-0.3, -0.25) is 10.00 Å². The van der Waals surface area contributed by atoms with Crippen molar-refractivity contribution in [3.8, 4) is 22.8 Å². The molecule has 0 bridgehead atoms. The van der Waals surface area contributed by atoms with E-state index in [1.54, 1.807) is 6.07 Å². The van der Waals surface area contributed by atoms with Gasteiger partial charge in [-0.1, -0.05) is 11.6 Å². The highest BCUT2D eigenvalue weighted by molar-refractivity contribution is 6.32. The second-order valence-corrected chi connectivity index (χ2v) is 7.44. The second-order valence-electron chi connectivity index (χ2n) is 7.03. The molecule has 1 saturated carbocycles. The molecule has 0 amide bonds. The topological polar surface area (TPSA) is 92.6 Å². The lowest BCUT2D eigenvalue weighted by molar-refractivity contribution is 0.0677. The first-order valence-electron chi connectivity index (χ1n) is 8.73. The molecule has 1 fully saturated rings. The average molecular weight is 364 g/mol. The molecular formula is C18H22ClN3O3. The maximum atomic E-state index is 10.2. The number of rotatable bonds is 2. The molecule has 6 nitrogen and oxygen atoms in total. The lowest BCUT2D eigenvalue weighted by atomic mass is 9.90. The Morgan fingerprint density at radius 3 is 2.64 bits per heavy atom. The van der Waals surface area contributed by atoms with Crippen molar-refractivity contribution in [2.75, 3.05) is 6.54 Å². The Kier molecular flexibility index (Phi) is 4.35. The lowest BCUT2D eigenvalue weighted by Gasteiger charge is -2.37. The average Bonchev–Trinajstić information content (AvgIpc) is 3.02. The molecule has 0 radical (unpaired) electrons. The predicted octanol–water partition coefficient (Wildman–Crippen LogP) is 2.80. The minimum atomic E-state index is -0.155. The molecule has 2 heterocycles. The number of aromatic nitrogens is 2. The smallest absolute Gasteiger partial charge is 0.137 e. The Balaban J connectivity index is 1.63. The third kappa shape index (κ3) is 3.10. The molecule has 0 saturated heterocycles. The lowest BCUT2D eigenvalue weighted by Crippen LogP contribution is -2.42. The quantitative estimate of drug-likeness (QED) is 0.658. The van der Waals surface area contributed by atoms with Crippen LogP contribution in [0.1, 0.15) is 36.9 Å². The van der Waals surface area contributed by atoms with Gasteiger partial charge in [0.2, 0.25) is 0 Å². The van der Waals surface area contributed by atoms with Crippen molar-refractivity contribution in [3.05, 3.63) is 28.4 Å². The fourth-order valence-corrected chi connectivity index (χ4v) is 4.18. The van der Waals surface area contributed by atoms with Crippen LogP contribution in [0.4, 0.5) is 0 Å². The SMILES string of the molecule is Oc1cc(O)c(-c2n[nH]c3c2CN(C2CCC(O)CC2)CC3)cc1Cl. The van der Waals surface area contributed by atoms with E-state index in [1.165, 1.54) is 6.07 Å². The summed E-state index contributed by atoms with van der Waals surface area (Å²) in [5, 5.41) is 37.3. The zero-order valence-electron chi connectivity index (χ0n) is 13.9. The number of aromatic hydroxyl groups is 2. The van der Waals surface area contributed by atoms with Crippen molar-refractivity contribution in [3.63, 3.8) is 0 Å². The number of nitrogens with one attached hydrogen (secondary N) is 1. The van der Waals surface area contributed by atoms with E-state index >= 15 is 0 Å². The number of H-pyrrole nitrogens is 1. The Morgan fingerprint density at radius 1 is 1.12 bits per heavy atom. The normalized spacial score (nSPS) is 24.2. The number of hydrogen-bond acceptors (Lipinski definition) is 5. The number of fused-ring (bicyclic) bond motifs is 1. The number of hydrogen-bond donors (Lipinski definition) is 4. The van der Waals surface area contributed by atoms with Gasteiger partial charge >= 0.3 is 0 Å². The highest BCUT2D eigenvalue weighted by Crippen LogP contribution is 2.40. The first-order valence-corrected chi connectivity index (χ1v) is 9.11. The Morgan fingerprint density at radius 2 is 1.88 bits per heavy atom. The van der Waals surface area contributed by atoms with Crippen LogP contribution in [0, 0.1) is 0 Å². The van der Waals surface area contributed by atoms with Crippen molar-refractivity contribution in [1.82, 2.24) is 15.1 Å². The first kappa shape index (κ1) is 16.7. The summed E-state index contributed by atoms with van der Waals surface area (Å²) in [6, 6.07) is 3.29. The van der Waals surface area contributed by atoms with Gasteiger partial charge in [0.25, 0.3) is 0 Å². The third-order valence-electron chi connectivity index (χ3n) is 5.47. The number of phenols is 2. The summed E-state index contributed by atoms with van der Waals surface area (Å²) in [6.07, 6.45) is 4.48. The summed E-state index contributed by atoms with van der Waals surface area (Å²) < 4.78 is 0. The van der Waals surface area contributed by atoms with Crippen molar-refractivity contribution >= 4 is 11.6 Å². The van der Waals surface area contributed by atoms with E-state index < -0.39 is 0 Å². The Bertz CT molecular complexity index is 784. The van der Waals surface area contributed by atoms with Crippen LogP contribution < -0.4 is 0 Å². The predicted molar refractivity (Wildman–Crippen MR) is 94.7 cm³/mol. The van der Waals surface area contributed by atoms with E-state index in [2.05, 4.69) is 15.1 Å². The zero-order valence-corrected chi connectivity index (χ0v) is 14.6. The fourth-order valence-electron chi connectivity index (χ4n) is 4.01. The molecule has 1 aliphatic carbocycles. The fraction of sp³-hybridized carbons (Fsp3) is 0.500. The van der Waals surface area contributed by atoms with Crippen LogP contribution in [0.25, 0.3) is 11.3 Å². The Labute approximate surface area is 151 Å². The van der Waals surface area contributed by atoms with Gasteiger partial charge in [-0.2, -0.15) is 5.10 Å². The van der Waals surface area contributed by atoms with Gasteiger partial charge in [0.15, 0.2) is 0 Å². The van der Waals surface area contributed by atoms with E-state index in [0.717, 1.165) is 56.5 Å². The van der Waals surface area contributed by atoms with E-state index in [0.29, 0.717) is 17.3 Å². The van der Waals surface area contributed by atoms with Crippen molar-refractivity contribution in [2.24, 2.45) is 0 Å². The van der Waals surface area contributed by atoms with Crippen LogP contribution in [0.5, 0.6) is 11.5 Å². The maximum absolute atomic E-state index is 10.2. The second kappa shape index (κ2) is 6.52. The maximum Gasteiger partial charge on any atom is 0.137 e. The van der Waals surface area contributed by atoms with E-state index in [-0.39, 0.29) is 22.6 Å². The summed E-state index contributed by atoms with van der Waals surface area (Å²) >= 11 is 6.02. The summed E-state index contributed by atoms with van der Waals surface area (Å²) in [5.74, 6) is -0.177. The third-order valence-corrected chi connectivity index (χ3v) is 5.77. The van der Waals surface area contributed by atoms with Crippen molar-refractivity contribution in [2.45, 2.75) is 50.8 Å². The molecule has 134 valence electrons. The van der Waals surface area contributed by atoms with Crippen LogP contribution in [-0.4, -0.2) is 49.1 Å². The summed E-state index contributed by atoms with van der Waals surface area (Å²) in [4.78, 5) is 2.45. The van der Waals surface area contributed by atoms with E-state index in [1.807, 2.05) is 0 Å². The van der Waals surface area contributed by atoms with Crippen molar-refractivity contribution in [1.29, 1.82) is 0 Å². The summed E-state index contributed by atoms with van der Waals surface area (Å²) in [7, 11) is 0. The molecule has 25 heavy (non-hydrogen) atoms. The molecule has 2 aliphatic rings. The molecule has 1 aliphatic heterocycles. The molecule has 1 aromatic carbocycles. The van der Waals surface area contributed by atoms with E-state index in [9.17, 15) is 15.3 Å². The number of phenolic OH excluding ortho intramolecular Hbond substituents is 2. The number of aliphatic hydroxyl groups is 1. The number of halogens is 1. The summed E-state index contributed by atoms with van der Waals surface area (Å²) in [6.45, 7) is 1.73. The van der Waals surface area contributed by atoms with Crippen LogP contribution in [0.2, 0.25) is 5.02 Å². The molecule has 0 spiro atoms. The van der Waals surface area contributed by atoms with Crippen LogP contribution >= 0.6 is 11.6 Å². The van der Waals surface area contributed by atoms with Crippen LogP contribution in [-0.2, 0) is 13.0 Å². The molecule has 4 rings (SSSR count). The minimum absolute atomic E-state index is 0.0332. The molecule has 1 aromatic heterocycles. The standard InChI is InChI=1S/C18H22ClN3O3/c19-14-7-12(16(24)8-17(14)25)18-13-9-22(6-5-15(13)20-21-18)10-1-3-11(23)4-2-10/h7-8,10-11,23-25H,1-6,9H2,(H,20,21). The molecule has 0 unspecified atom stereocenters. The molecule has 0 atom stereocenters. The first-order chi connectivity index (χ1) is 12.0. The van der Waals surface area contributed by atoms with Gasteiger partial charge < -0.3 is 15.3 Å². The minimum Gasteiger partial charge on any atom is -0.507 e. The van der Waals surface area contributed by atoms with Crippen molar-refractivity contribution < 1.29 is 15.3 Å². The largest absolute Gasteiger partial charge is 0.507 e. The van der Waals surface area contributed by atoms with Gasteiger partial charge in [0, 0.05) is 48.4 Å². The van der Waals surface area contributed by atoms with Crippen LogP contribution in [0.15, 0.2) is 12.1 Å². The van der Waals surface area contributed by atoms with Gasteiger partial charge in [0.05, 0.1) is 11.1 Å². The molecular weight excluding hydrogens is 342 g/mol. The summed E-state index contributed by atoms with van der Waals surface area (Å²) in [5.41, 5.74) is 3.39. The molecule has 4 N–H and O–H groups in total. The van der Waals surface area contributed by atoms with Gasteiger partial charge in [-0.25, -0.2) is 0 Å². The monoisotopic (exact) mass is 363 g/mol. The van der Waals surface area contributed by atoms with Crippen LogP contribution in [0.3, 0.4) is 0 Å². The number of benzene rings is 1. The van der Waals surface area contributed by atoms with E-state index in [4.69, 9.17) is 11.6 Å². The Hall–Kier alpha value is -1.76.